The average molecular weight is 147 g/mol. The molecular formula is C6H10FNO2. The van der Waals surface area contributed by atoms with E-state index in [1.807, 2.05) is 0 Å². The summed E-state index contributed by atoms with van der Waals surface area (Å²) in [4.78, 5) is 10.4. The molecule has 1 saturated carbocycles. The average Bonchev–Trinajstić information content (AvgIpc) is 1.79. The van der Waals surface area contributed by atoms with Crippen LogP contribution < -0.4 is 5.73 Å². The zero-order valence-electron chi connectivity index (χ0n) is 5.51. The molecule has 0 aromatic rings. The fourth-order valence-corrected chi connectivity index (χ4v) is 1.28. The standard InChI is InChI=1S/C6H10FNO2/c7-3-6(5(9)10)1-4(8)2-6/h4H,1-3,8H2,(H,9,10). The van der Waals surface area contributed by atoms with Gasteiger partial charge in [-0.05, 0) is 12.8 Å². The monoisotopic (exact) mass is 147 g/mol. The Bertz CT molecular complexity index is 154. The quantitative estimate of drug-likeness (QED) is 0.584. The van der Waals surface area contributed by atoms with Crippen LogP contribution in [-0.4, -0.2) is 23.8 Å². The lowest BCUT2D eigenvalue weighted by Gasteiger charge is -2.40. The second-order valence-corrected chi connectivity index (χ2v) is 2.89. The molecule has 58 valence electrons. The first-order valence-corrected chi connectivity index (χ1v) is 3.16. The number of carboxylic acids is 1. The van der Waals surface area contributed by atoms with E-state index < -0.39 is 18.1 Å². The van der Waals surface area contributed by atoms with E-state index in [9.17, 15) is 9.18 Å². The number of alkyl halides is 1. The molecule has 0 spiro atoms. The van der Waals surface area contributed by atoms with Gasteiger partial charge in [0.25, 0.3) is 0 Å². The Morgan fingerprint density at radius 1 is 1.80 bits per heavy atom. The predicted molar refractivity (Wildman–Crippen MR) is 33.3 cm³/mol. The first kappa shape index (κ1) is 7.47. The normalized spacial score (nSPS) is 38.8. The van der Waals surface area contributed by atoms with Crippen LogP contribution in [-0.2, 0) is 4.79 Å². The largest absolute Gasteiger partial charge is 0.481 e. The van der Waals surface area contributed by atoms with Crippen LogP contribution in [0.15, 0.2) is 0 Å². The highest BCUT2D eigenvalue weighted by Crippen LogP contribution is 2.40. The van der Waals surface area contributed by atoms with Crippen molar-refractivity contribution >= 4 is 5.97 Å². The molecule has 0 saturated heterocycles. The van der Waals surface area contributed by atoms with Crippen molar-refractivity contribution in [3.8, 4) is 0 Å². The molecule has 0 heterocycles. The number of carbonyl (C=O) groups is 1. The molecule has 4 heteroatoms. The lowest BCUT2D eigenvalue weighted by Crippen LogP contribution is -2.52. The zero-order chi connectivity index (χ0) is 7.78. The lowest BCUT2D eigenvalue weighted by atomic mass is 9.67. The predicted octanol–water partition coefficient (Wildman–Crippen LogP) is 0.148. The maximum absolute atomic E-state index is 12.1. The van der Waals surface area contributed by atoms with E-state index in [1.54, 1.807) is 0 Å². The van der Waals surface area contributed by atoms with Gasteiger partial charge in [-0.3, -0.25) is 4.79 Å². The minimum atomic E-state index is -1.14. The van der Waals surface area contributed by atoms with E-state index in [1.165, 1.54) is 0 Å². The molecule has 10 heavy (non-hydrogen) atoms. The van der Waals surface area contributed by atoms with E-state index in [-0.39, 0.29) is 18.9 Å². The van der Waals surface area contributed by atoms with Crippen molar-refractivity contribution in [2.45, 2.75) is 18.9 Å². The van der Waals surface area contributed by atoms with Gasteiger partial charge in [0.2, 0.25) is 0 Å². The van der Waals surface area contributed by atoms with Crippen molar-refractivity contribution in [2.75, 3.05) is 6.67 Å². The van der Waals surface area contributed by atoms with Gasteiger partial charge in [0.1, 0.15) is 6.67 Å². The third-order valence-electron chi connectivity index (χ3n) is 2.02. The summed E-state index contributed by atoms with van der Waals surface area (Å²) < 4.78 is 12.1. The van der Waals surface area contributed by atoms with Crippen molar-refractivity contribution in [3.63, 3.8) is 0 Å². The van der Waals surface area contributed by atoms with Gasteiger partial charge in [-0.2, -0.15) is 0 Å². The van der Waals surface area contributed by atoms with Crippen LogP contribution >= 0.6 is 0 Å². The molecule has 0 atom stereocenters. The molecule has 0 aromatic carbocycles. The number of hydrogen-bond donors (Lipinski definition) is 2. The summed E-state index contributed by atoms with van der Waals surface area (Å²) in [5.74, 6) is -1.06. The molecule has 0 amide bonds. The van der Waals surface area contributed by atoms with Crippen LogP contribution in [0, 0.1) is 5.41 Å². The van der Waals surface area contributed by atoms with Gasteiger partial charge in [-0.15, -0.1) is 0 Å². The number of halogens is 1. The number of rotatable bonds is 2. The van der Waals surface area contributed by atoms with Crippen LogP contribution in [0.3, 0.4) is 0 Å². The Balaban J connectivity index is 2.56. The van der Waals surface area contributed by atoms with E-state index in [0.29, 0.717) is 0 Å². The summed E-state index contributed by atoms with van der Waals surface area (Å²) in [6.45, 7) is -0.796. The summed E-state index contributed by atoms with van der Waals surface area (Å²) in [7, 11) is 0. The van der Waals surface area contributed by atoms with E-state index in [2.05, 4.69) is 0 Å². The van der Waals surface area contributed by atoms with Crippen molar-refractivity contribution in [1.82, 2.24) is 0 Å². The van der Waals surface area contributed by atoms with Crippen LogP contribution in [0.1, 0.15) is 12.8 Å². The Morgan fingerprint density at radius 3 is 2.40 bits per heavy atom. The van der Waals surface area contributed by atoms with E-state index in [4.69, 9.17) is 10.8 Å². The maximum atomic E-state index is 12.1. The van der Waals surface area contributed by atoms with Crippen LogP contribution in [0.2, 0.25) is 0 Å². The van der Waals surface area contributed by atoms with Gasteiger partial charge < -0.3 is 10.8 Å². The molecule has 0 radical (unpaired) electrons. The summed E-state index contributed by atoms with van der Waals surface area (Å²) in [5, 5.41) is 8.51. The molecule has 1 rings (SSSR count). The minimum Gasteiger partial charge on any atom is -0.481 e. The zero-order valence-corrected chi connectivity index (χ0v) is 5.51. The summed E-state index contributed by atoms with van der Waals surface area (Å²) in [5.41, 5.74) is 4.20. The number of aliphatic carboxylic acids is 1. The summed E-state index contributed by atoms with van der Waals surface area (Å²) >= 11 is 0. The van der Waals surface area contributed by atoms with Gasteiger partial charge in [-0.25, -0.2) is 4.39 Å². The van der Waals surface area contributed by atoms with Crippen molar-refractivity contribution in [2.24, 2.45) is 11.1 Å². The van der Waals surface area contributed by atoms with Gasteiger partial charge in [0, 0.05) is 6.04 Å². The second-order valence-electron chi connectivity index (χ2n) is 2.89. The molecule has 1 aliphatic carbocycles. The lowest BCUT2D eigenvalue weighted by molar-refractivity contribution is -0.157. The highest BCUT2D eigenvalue weighted by molar-refractivity contribution is 5.76. The molecule has 0 aromatic heterocycles. The van der Waals surface area contributed by atoms with Gasteiger partial charge in [0.05, 0.1) is 5.41 Å². The van der Waals surface area contributed by atoms with Crippen molar-refractivity contribution < 1.29 is 14.3 Å². The Labute approximate surface area is 58.0 Å². The van der Waals surface area contributed by atoms with Crippen LogP contribution in [0.25, 0.3) is 0 Å². The molecule has 3 nitrogen and oxygen atoms in total. The third kappa shape index (κ3) is 0.883. The van der Waals surface area contributed by atoms with Crippen molar-refractivity contribution in [1.29, 1.82) is 0 Å². The Kier molecular flexibility index (Phi) is 1.64. The van der Waals surface area contributed by atoms with Gasteiger partial charge in [-0.1, -0.05) is 0 Å². The maximum Gasteiger partial charge on any atom is 0.312 e. The minimum absolute atomic E-state index is 0.119. The van der Waals surface area contributed by atoms with E-state index >= 15 is 0 Å². The number of nitrogens with two attached hydrogens (primary N) is 1. The topological polar surface area (TPSA) is 63.3 Å². The molecular weight excluding hydrogens is 137 g/mol. The molecule has 0 unspecified atom stereocenters. The van der Waals surface area contributed by atoms with Gasteiger partial charge in [0.15, 0.2) is 0 Å². The first-order valence-electron chi connectivity index (χ1n) is 3.16. The molecule has 0 bridgehead atoms. The summed E-state index contributed by atoms with van der Waals surface area (Å²) in [6.07, 6.45) is 0.553. The SMILES string of the molecule is NC1CC(CF)(C(=O)O)C1. The van der Waals surface area contributed by atoms with Crippen LogP contribution in [0.4, 0.5) is 4.39 Å². The molecule has 0 aliphatic heterocycles. The Hall–Kier alpha value is -0.640. The van der Waals surface area contributed by atoms with Crippen LogP contribution in [0.5, 0.6) is 0 Å². The molecule has 1 fully saturated rings. The summed E-state index contributed by atoms with van der Waals surface area (Å²) in [6, 6.07) is -0.119. The Morgan fingerprint density at radius 2 is 2.30 bits per heavy atom. The highest BCUT2D eigenvalue weighted by atomic mass is 19.1. The highest BCUT2D eigenvalue weighted by Gasteiger charge is 2.49. The number of hydrogen-bond acceptors (Lipinski definition) is 2. The van der Waals surface area contributed by atoms with Crippen molar-refractivity contribution in [3.05, 3.63) is 0 Å². The second kappa shape index (κ2) is 2.20. The molecule has 3 N–H and O–H groups in total. The molecule has 1 aliphatic rings. The van der Waals surface area contributed by atoms with E-state index in [0.717, 1.165) is 0 Å². The third-order valence-corrected chi connectivity index (χ3v) is 2.02. The first-order chi connectivity index (χ1) is 4.60. The fraction of sp³-hybridized carbons (Fsp3) is 0.833. The fourth-order valence-electron chi connectivity index (χ4n) is 1.28. The smallest absolute Gasteiger partial charge is 0.312 e. The number of carboxylic acid groups (broad SMARTS) is 1. The van der Waals surface area contributed by atoms with Gasteiger partial charge >= 0.3 is 5.97 Å².